The standard InChI is InChI=1S/C12H11ClF3NO/c1-5-8(14)6(7(13)10(16)9(5)15)11-17-12(2,3)4-18-11/h4H2,1-3H3. The van der Waals surface area contributed by atoms with E-state index in [2.05, 4.69) is 4.99 Å². The van der Waals surface area contributed by atoms with Gasteiger partial charge in [0.2, 0.25) is 5.90 Å². The molecule has 0 atom stereocenters. The molecule has 0 spiro atoms. The van der Waals surface area contributed by atoms with Gasteiger partial charge in [0.25, 0.3) is 0 Å². The van der Waals surface area contributed by atoms with Crippen molar-refractivity contribution in [1.82, 2.24) is 0 Å². The zero-order chi connectivity index (χ0) is 13.7. The second-order valence-corrected chi connectivity index (χ2v) is 5.15. The first kappa shape index (κ1) is 13.2. The lowest BCUT2D eigenvalue weighted by molar-refractivity contribution is 0.278. The van der Waals surface area contributed by atoms with Crippen LogP contribution in [0.25, 0.3) is 0 Å². The Morgan fingerprint density at radius 2 is 1.78 bits per heavy atom. The Kier molecular flexibility index (Phi) is 3.05. The number of rotatable bonds is 1. The fourth-order valence-corrected chi connectivity index (χ4v) is 1.90. The molecule has 1 aromatic rings. The summed E-state index contributed by atoms with van der Waals surface area (Å²) in [6.45, 7) is 4.92. The zero-order valence-electron chi connectivity index (χ0n) is 10.1. The van der Waals surface area contributed by atoms with E-state index >= 15 is 0 Å². The molecule has 0 bridgehead atoms. The van der Waals surface area contributed by atoms with Crippen LogP contribution >= 0.6 is 11.6 Å². The molecule has 0 unspecified atom stereocenters. The molecule has 2 rings (SSSR count). The molecule has 0 aromatic heterocycles. The fraction of sp³-hybridized carbons (Fsp3) is 0.417. The van der Waals surface area contributed by atoms with Gasteiger partial charge in [0.1, 0.15) is 12.4 Å². The minimum atomic E-state index is -1.29. The van der Waals surface area contributed by atoms with Crippen molar-refractivity contribution in [3.8, 4) is 0 Å². The normalized spacial score (nSPS) is 17.6. The highest BCUT2D eigenvalue weighted by Gasteiger charge is 2.32. The van der Waals surface area contributed by atoms with Gasteiger partial charge >= 0.3 is 0 Å². The van der Waals surface area contributed by atoms with Crippen molar-refractivity contribution in [1.29, 1.82) is 0 Å². The van der Waals surface area contributed by atoms with E-state index in [9.17, 15) is 13.2 Å². The van der Waals surface area contributed by atoms with Gasteiger partial charge in [0.05, 0.1) is 16.1 Å². The molecule has 1 aliphatic rings. The third kappa shape index (κ3) is 1.96. The molecule has 98 valence electrons. The quantitative estimate of drug-likeness (QED) is 0.567. The van der Waals surface area contributed by atoms with Crippen LogP contribution < -0.4 is 0 Å². The fourth-order valence-electron chi connectivity index (χ4n) is 1.65. The van der Waals surface area contributed by atoms with Crippen LogP contribution in [0.4, 0.5) is 13.2 Å². The summed E-state index contributed by atoms with van der Waals surface area (Å²) in [4.78, 5) is 4.11. The molecule has 1 heterocycles. The van der Waals surface area contributed by atoms with Crippen LogP contribution in [0.3, 0.4) is 0 Å². The van der Waals surface area contributed by atoms with Gasteiger partial charge in [-0.2, -0.15) is 0 Å². The Labute approximate surface area is 107 Å². The lowest BCUT2D eigenvalue weighted by Crippen LogP contribution is -2.17. The van der Waals surface area contributed by atoms with Gasteiger partial charge in [-0.3, -0.25) is 0 Å². The molecular formula is C12H11ClF3NO. The van der Waals surface area contributed by atoms with Gasteiger partial charge in [-0.15, -0.1) is 0 Å². The van der Waals surface area contributed by atoms with E-state index in [-0.39, 0.29) is 18.1 Å². The van der Waals surface area contributed by atoms with E-state index in [0.29, 0.717) is 0 Å². The molecule has 2 nitrogen and oxygen atoms in total. The number of ether oxygens (including phenoxy) is 1. The highest BCUT2D eigenvalue weighted by Crippen LogP contribution is 2.32. The molecule has 6 heteroatoms. The molecule has 0 N–H and O–H groups in total. The number of benzene rings is 1. The molecule has 0 radical (unpaired) electrons. The van der Waals surface area contributed by atoms with Gasteiger partial charge in [-0.25, -0.2) is 18.2 Å². The lowest BCUT2D eigenvalue weighted by atomic mass is 10.1. The molecule has 1 aliphatic heterocycles. The Hall–Kier alpha value is -1.23. The van der Waals surface area contributed by atoms with E-state index in [4.69, 9.17) is 16.3 Å². The minimum Gasteiger partial charge on any atom is -0.475 e. The van der Waals surface area contributed by atoms with E-state index in [1.165, 1.54) is 0 Å². The van der Waals surface area contributed by atoms with Gasteiger partial charge < -0.3 is 4.74 Å². The molecule has 0 saturated heterocycles. The van der Waals surface area contributed by atoms with Crippen molar-refractivity contribution < 1.29 is 17.9 Å². The Bertz CT molecular complexity index is 526. The first-order chi connectivity index (χ1) is 8.24. The third-order valence-electron chi connectivity index (χ3n) is 2.66. The zero-order valence-corrected chi connectivity index (χ0v) is 10.8. The van der Waals surface area contributed by atoms with Crippen LogP contribution in [0.5, 0.6) is 0 Å². The van der Waals surface area contributed by atoms with Gasteiger partial charge in [-0.1, -0.05) is 11.6 Å². The molecular weight excluding hydrogens is 267 g/mol. The summed E-state index contributed by atoms with van der Waals surface area (Å²) in [5, 5.41) is -0.646. The van der Waals surface area contributed by atoms with E-state index in [0.717, 1.165) is 6.92 Å². The number of halogens is 4. The maximum absolute atomic E-state index is 14.0. The monoisotopic (exact) mass is 277 g/mol. The van der Waals surface area contributed by atoms with E-state index < -0.39 is 33.6 Å². The topological polar surface area (TPSA) is 21.6 Å². The highest BCUT2D eigenvalue weighted by molar-refractivity contribution is 6.34. The Balaban J connectivity index is 2.67. The van der Waals surface area contributed by atoms with Crippen molar-refractivity contribution in [3.05, 3.63) is 33.6 Å². The lowest BCUT2D eigenvalue weighted by Gasteiger charge is -2.10. The maximum Gasteiger partial charge on any atom is 0.221 e. The summed E-state index contributed by atoms with van der Waals surface area (Å²) in [5.74, 6) is -3.62. The Morgan fingerprint density at radius 3 is 2.28 bits per heavy atom. The molecule has 0 amide bonds. The van der Waals surface area contributed by atoms with Crippen molar-refractivity contribution >= 4 is 17.5 Å². The predicted octanol–water partition coefficient (Wildman–Crippen LogP) is 3.62. The van der Waals surface area contributed by atoms with Crippen LogP contribution in [-0.4, -0.2) is 18.0 Å². The smallest absolute Gasteiger partial charge is 0.221 e. The molecule has 0 saturated carbocycles. The number of aliphatic imine (C=N–C) groups is 1. The summed E-state index contributed by atoms with van der Waals surface area (Å²) in [7, 11) is 0. The van der Waals surface area contributed by atoms with Crippen molar-refractivity contribution in [2.45, 2.75) is 26.3 Å². The average Bonchev–Trinajstić information content (AvgIpc) is 2.64. The largest absolute Gasteiger partial charge is 0.475 e. The predicted molar refractivity (Wildman–Crippen MR) is 62.6 cm³/mol. The second kappa shape index (κ2) is 4.16. The van der Waals surface area contributed by atoms with E-state index in [1.54, 1.807) is 13.8 Å². The van der Waals surface area contributed by atoms with Gasteiger partial charge in [0.15, 0.2) is 11.6 Å². The van der Waals surface area contributed by atoms with Crippen molar-refractivity contribution in [2.75, 3.05) is 6.61 Å². The minimum absolute atomic E-state index is 0.0931. The van der Waals surface area contributed by atoms with Crippen LogP contribution in [-0.2, 0) is 4.74 Å². The first-order valence-electron chi connectivity index (χ1n) is 5.30. The summed E-state index contributed by atoms with van der Waals surface area (Å²) in [6, 6.07) is 0. The average molecular weight is 278 g/mol. The summed E-state index contributed by atoms with van der Waals surface area (Å²) in [5.41, 5.74) is -1.30. The van der Waals surface area contributed by atoms with Crippen LogP contribution in [0.1, 0.15) is 25.0 Å². The van der Waals surface area contributed by atoms with Gasteiger partial charge in [-0.05, 0) is 20.8 Å². The molecule has 0 fully saturated rings. The van der Waals surface area contributed by atoms with E-state index in [1.807, 2.05) is 0 Å². The van der Waals surface area contributed by atoms with Crippen molar-refractivity contribution in [2.24, 2.45) is 4.99 Å². The summed E-state index contributed by atoms with van der Waals surface area (Å²) in [6.07, 6.45) is 0. The van der Waals surface area contributed by atoms with Crippen molar-refractivity contribution in [3.63, 3.8) is 0 Å². The number of nitrogens with zero attached hydrogens (tertiary/aromatic N) is 1. The third-order valence-corrected chi connectivity index (χ3v) is 3.02. The maximum atomic E-state index is 14.0. The van der Waals surface area contributed by atoms with Crippen LogP contribution in [0.15, 0.2) is 4.99 Å². The highest BCUT2D eigenvalue weighted by atomic mass is 35.5. The number of hydrogen-bond acceptors (Lipinski definition) is 2. The van der Waals surface area contributed by atoms with Crippen LogP contribution in [0.2, 0.25) is 5.02 Å². The van der Waals surface area contributed by atoms with Gasteiger partial charge in [0, 0.05) is 5.56 Å². The molecule has 18 heavy (non-hydrogen) atoms. The second-order valence-electron chi connectivity index (χ2n) is 4.77. The summed E-state index contributed by atoms with van der Waals surface area (Å²) >= 11 is 5.63. The molecule has 0 aliphatic carbocycles. The van der Waals surface area contributed by atoms with Crippen LogP contribution in [0, 0.1) is 24.4 Å². The Morgan fingerprint density at radius 1 is 1.17 bits per heavy atom. The SMILES string of the molecule is Cc1c(F)c(F)c(Cl)c(C2=NC(C)(C)CO2)c1F. The summed E-state index contributed by atoms with van der Waals surface area (Å²) < 4.78 is 45.9. The molecule has 1 aromatic carbocycles. The first-order valence-corrected chi connectivity index (χ1v) is 5.68. The number of hydrogen-bond donors (Lipinski definition) is 0.